The highest BCUT2D eigenvalue weighted by molar-refractivity contribution is 5.82. The molecule has 3 N–H and O–H groups in total. The molecule has 74 valence electrons. The van der Waals surface area contributed by atoms with Crippen LogP contribution in [0.1, 0.15) is 19.8 Å². The van der Waals surface area contributed by atoms with Crippen molar-refractivity contribution in [2.24, 2.45) is 16.8 Å². The zero-order valence-electron chi connectivity index (χ0n) is 7.73. The maximum Gasteiger partial charge on any atom is 0.219 e. The van der Waals surface area contributed by atoms with Gasteiger partial charge in [-0.1, -0.05) is 5.16 Å². The summed E-state index contributed by atoms with van der Waals surface area (Å²) >= 11 is 0. The van der Waals surface area contributed by atoms with Gasteiger partial charge < -0.3 is 15.8 Å². The quantitative estimate of drug-likeness (QED) is 0.261. The standard InChI is InChI=1S/C8H15N3O2/c1-6(12)11-4-2-7(3-5-11)8(9)10-13/h7,13H,2-5H2,1H3,(H2,9,10). The molecule has 0 radical (unpaired) electrons. The number of hydrogen-bond donors (Lipinski definition) is 2. The number of nitrogens with two attached hydrogens (primary N) is 1. The maximum absolute atomic E-state index is 11.0. The number of carbonyl (C=O) groups is 1. The Kier molecular flexibility index (Phi) is 3.11. The molecule has 0 aromatic rings. The number of amides is 1. The van der Waals surface area contributed by atoms with Gasteiger partial charge in [0.25, 0.3) is 0 Å². The van der Waals surface area contributed by atoms with E-state index in [1.165, 1.54) is 0 Å². The lowest BCUT2D eigenvalue weighted by atomic mass is 9.96. The topological polar surface area (TPSA) is 78.9 Å². The Morgan fingerprint density at radius 2 is 2.08 bits per heavy atom. The van der Waals surface area contributed by atoms with Gasteiger partial charge in [0.05, 0.1) is 0 Å². The van der Waals surface area contributed by atoms with Crippen LogP contribution in [0.25, 0.3) is 0 Å². The Bertz CT molecular complexity index is 219. The largest absolute Gasteiger partial charge is 0.409 e. The lowest BCUT2D eigenvalue weighted by Crippen LogP contribution is -2.40. The minimum atomic E-state index is 0.0953. The molecular weight excluding hydrogens is 170 g/mol. The summed E-state index contributed by atoms with van der Waals surface area (Å²) in [6.45, 7) is 2.97. The summed E-state index contributed by atoms with van der Waals surface area (Å²) in [4.78, 5) is 12.7. The van der Waals surface area contributed by atoms with Crippen LogP contribution in [0.5, 0.6) is 0 Å². The van der Waals surface area contributed by atoms with Gasteiger partial charge in [-0.25, -0.2) is 0 Å². The SMILES string of the molecule is CC(=O)N1CCC(/C(N)=N/O)CC1. The normalized spacial score (nSPS) is 20.4. The third-order valence-electron chi connectivity index (χ3n) is 2.47. The molecule has 1 rings (SSSR count). The number of hydrogen-bond acceptors (Lipinski definition) is 3. The van der Waals surface area contributed by atoms with Crippen LogP contribution in [-0.2, 0) is 4.79 Å². The molecule has 0 saturated carbocycles. The number of amidine groups is 1. The van der Waals surface area contributed by atoms with Crippen molar-refractivity contribution in [3.8, 4) is 0 Å². The van der Waals surface area contributed by atoms with Crippen molar-refractivity contribution in [2.75, 3.05) is 13.1 Å². The minimum absolute atomic E-state index is 0.0953. The van der Waals surface area contributed by atoms with Crippen molar-refractivity contribution in [2.45, 2.75) is 19.8 Å². The highest BCUT2D eigenvalue weighted by atomic mass is 16.4. The van der Waals surface area contributed by atoms with E-state index in [1.54, 1.807) is 11.8 Å². The van der Waals surface area contributed by atoms with Gasteiger partial charge in [-0.05, 0) is 12.8 Å². The molecule has 0 unspecified atom stereocenters. The molecule has 1 aliphatic rings. The van der Waals surface area contributed by atoms with Crippen molar-refractivity contribution < 1.29 is 10.0 Å². The fourth-order valence-corrected chi connectivity index (χ4v) is 1.57. The predicted octanol–water partition coefficient (Wildman–Crippen LogP) is -0.00870. The second-order valence-electron chi connectivity index (χ2n) is 3.31. The maximum atomic E-state index is 11.0. The number of carbonyl (C=O) groups excluding carboxylic acids is 1. The summed E-state index contributed by atoms with van der Waals surface area (Å²) in [5.74, 6) is 0.502. The van der Waals surface area contributed by atoms with Gasteiger partial charge in [-0.2, -0.15) is 0 Å². The molecule has 0 bridgehead atoms. The van der Waals surface area contributed by atoms with E-state index in [9.17, 15) is 4.79 Å². The van der Waals surface area contributed by atoms with Crippen molar-refractivity contribution >= 4 is 11.7 Å². The van der Waals surface area contributed by atoms with Crippen molar-refractivity contribution in [3.05, 3.63) is 0 Å². The van der Waals surface area contributed by atoms with Crippen LogP contribution in [0.15, 0.2) is 5.16 Å². The molecular formula is C8H15N3O2. The van der Waals surface area contributed by atoms with E-state index in [-0.39, 0.29) is 17.7 Å². The van der Waals surface area contributed by atoms with Gasteiger partial charge in [0.1, 0.15) is 5.84 Å². The Morgan fingerprint density at radius 3 is 2.46 bits per heavy atom. The molecule has 0 aromatic heterocycles. The molecule has 0 spiro atoms. The Morgan fingerprint density at radius 1 is 1.54 bits per heavy atom. The third-order valence-corrected chi connectivity index (χ3v) is 2.47. The van der Waals surface area contributed by atoms with E-state index in [2.05, 4.69) is 5.16 Å². The van der Waals surface area contributed by atoms with E-state index >= 15 is 0 Å². The second-order valence-corrected chi connectivity index (χ2v) is 3.31. The summed E-state index contributed by atoms with van der Waals surface area (Å²) in [5, 5.41) is 11.4. The number of oxime groups is 1. The van der Waals surface area contributed by atoms with Crippen LogP contribution < -0.4 is 5.73 Å². The third kappa shape index (κ3) is 2.34. The van der Waals surface area contributed by atoms with Crippen LogP contribution in [0, 0.1) is 5.92 Å². The highest BCUT2D eigenvalue weighted by Crippen LogP contribution is 2.16. The predicted molar refractivity (Wildman–Crippen MR) is 48.4 cm³/mol. The lowest BCUT2D eigenvalue weighted by Gasteiger charge is -2.30. The molecule has 0 aliphatic carbocycles. The van der Waals surface area contributed by atoms with Crippen LogP contribution in [0.3, 0.4) is 0 Å². The molecule has 13 heavy (non-hydrogen) atoms. The first kappa shape index (κ1) is 9.83. The zero-order valence-corrected chi connectivity index (χ0v) is 7.73. The van der Waals surface area contributed by atoms with Gasteiger partial charge in [0.15, 0.2) is 0 Å². The van der Waals surface area contributed by atoms with Crippen LogP contribution in [0.4, 0.5) is 0 Å². The molecule has 1 saturated heterocycles. The Hall–Kier alpha value is -1.26. The summed E-state index contributed by atoms with van der Waals surface area (Å²) in [5.41, 5.74) is 5.47. The monoisotopic (exact) mass is 185 g/mol. The van der Waals surface area contributed by atoms with Crippen molar-refractivity contribution in [1.29, 1.82) is 0 Å². The molecule has 5 heteroatoms. The van der Waals surface area contributed by atoms with Crippen LogP contribution >= 0.6 is 0 Å². The van der Waals surface area contributed by atoms with E-state index in [1.807, 2.05) is 0 Å². The number of nitrogens with zero attached hydrogens (tertiary/aromatic N) is 2. The number of likely N-dealkylation sites (tertiary alicyclic amines) is 1. The van der Waals surface area contributed by atoms with Crippen molar-refractivity contribution in [3.63, 3.8) is 0 Å². The van der Waals surface area contributed by atoms with Gasteiger partial charge in [-0.15, -0.1) is 0 Å². The van der Waals surface area contributed by atoms with E-state index in [0.29, 0.717) is 13.1 Å². The highest BCUT2D eigenvalue weighted by Gasteiger charge is 2.23. The first-order valence-corrected chi connectivity index (χ1v) is 4.38. The van der Waals surface area contributed by atoms with Gasteiger partial charge in [0, 0.05) is 25.9 Å². The van der Waals surface area contributed by atoms with Gasteiger partial charge in [-0.3, -0.25) is 4.79 Å². The average molecular weight is 185 g/mol. The van der Waals surface area contributed by atoms with Crippen LogP contribution in [-0.4, -0.2) is 34.9 Å². The fourth-order valence-electron chi connectivity index (χ4n) is 1.57. The van der Waals surface area contributed by atoms with E-state index < -0.39 is 0 Å². The first-order chi connectivity index (χ1) is 6.15. The molecule has 1 heterocycles. The Labute approximate surface area is 77.2 Å². The number of piperidine rings is 1. The average Bonchev–Trinajstić information content (AvgIpc) is 2.17. The summed E-state index contributed by atoms with van der Waals surface area (Å²) < 4.78 is 0. The fraction of sp³-hybridized carbons (Fsp3) is 0.750. The molecule has 1 fully saturated rings. The lowest BCUT2D eigenvalue weighted by molar-refractivity contribution is -0.129. The van der Waals surface area contributed by atoms with Crippen LogP contribution in [0.2, 0.25) is 0 Å². The minimum Gasteiger partial charge on any atom is -0.409 e. The second kappa shape index (κ2) is 4.11. The Balaban J connectivity index is 2.43. The summed E-state index contributed by atoms with van der Waals surface area (Å²) in [6, 6.07) is 0. The molecule has 5 nitrogen and oxygen atoms in total. The summed E-state index contributed by atoms with van der Waals surface area (Å²) in [6.07, 6.45) is 1.57. The smallest absolute Gasteiger partial charge is 0.219 e. The molecule has 1 amide bonds. The molecule has 0 aromatic carbocycles. The summed E-state index contributed by atoms with van der Waals surface area (Å²) in [7, 11) is 0. The molecule has 1 aliphatic heterocycles. The van der Waals surface area contributed by atoms with Crippen molar-refractivity contribution in [1.82, 2.24) is 4.90 Å². The number of rotatable bonds is 1. The first-order valence-electron chi connectivity index (χ1n) is 4.38. The molecule has 0 atom stereocenters. The van der Waals surface area contributed by atoms with Gasteiger partial charge >= 0.3 is 0 Å². The van der Waals surface area contributed by atoms with E-state index in [0.717, 1.165) is 12.8 Å². The van der Waals surface area contributed by atoms with Gasteiger partial charge in [0.2, 0.25) is 5.91 Å². The zero-order chi connectivity index (χ0) is 9.84. The van der Waals surface area contributed by atoms with E-state index in [4.69, 9.17) is 10.9 Å².